The fraction of sp³-hybridized carbons (Fsp3) is 0.250. The Morgan fingerprint density at radius 3 is 2.65 bits per heavy atom. The maximum Gasteiger partial charge on any atom is 0.419 e. The molecule has 1 aromatic carbocycles. The molecule has 4 heterocycles. The van der Waals surface area contributed by atoms with Gasteiger partial charge in [-0.25, -0.2) is 23.0 Å². The Morgan fingerprint density at radius 2 is 1.87 bits per heavy atom. The summed E-state index contributed by atoms with van der Waals surface area (Å²) in [6.07, 6.45) is 1.45. The number of fused-ring (bicyclic) bond motifs is 1. The van der Waals surface area contributed by atoms with Crippen LogP contribution in [0.3, 0.4) is 0 Å². The van der Waals surface area contributed by atoms with E-state index in [1.54, 1.807) is 12.3 Å². The third-order valence-corrected chi connectivity index (χ3v) is 5.36. The van der Waals surface area contributed by atoms with Gasteiger partial charge in [0.25, 0.3) is 0 Å². The molecule has 5 rings (SSSR count). The number of rotatable bonds is 3. The highest BCUT2D eigenvalue weighted by Gasteiger charge is 2.33. The van der Waals surface area contributed by atoms with Crippen molar-refractivity contribution < 1.29 is 22.0 Å². The zero-order chi connectivity index (χ0) is 21.8. The van der Waals surface area contributed by atoms with E-state index in [0.717, 1.165) is 35.6 Å². The van der Waals surface area contributed by atoms with Crippen molar-refractivity contribution in [2.24, 2.45) is 0 Å². The van der Waals surface area contributed by atoms with Crippen LogP contribution in [-0.2, 0) is 6.18 Å². The van der Waals surface area contributed by atoms with Crippen LogP contribution >= 0.6 is 0 Å². The maximum atomic E-state index is 14.4. The second-order valence-electron chi connectivity index (χ2n) is 7.27. The first kappa shape index (κ1) is 19.5. The quantitative estimate of drug-likeness (QED) is 0.444. The molecule has 6 nitrogen and oxygen atoms in total. The third kappa shape index (κ3) is 3.39. The minimum atomic E-state index is -4.52. The number of benzene rings is 1. The summed E-state index contributed by atoms with van der Waals surface area (Å²) in [5, 5.41) is 7.91. The number of halogens is 5. The average Bonchev–Trinajstić information content (AvgIpc) is 3.47. The van der Waals surface area contributed by atoms with Crippen LogP contribution in [-0.4, -0.2) is 30.9 Å². The van der Waals surface area contributed by atoms with E-state index in [0.29, 0.717) is 24.4 Å². The van der Waals surface area contributed by atoms with Gasteiger partial charge in [-0.2, -0.15) is 23.4 Å². The van der Waals surface area contributed by atoms with E-state index >= 15 is 0 Å². The van der Waals surface area contributed by atoms with Crippen LogP contribution in [0.5, 0.6) is 0 Å². The number of alkyl halides is 3. The number of aromatic nitrogens is 5. The van der Waals surface area contributed by atoms with Crippen molar-refractivity contribution in [3.05, 3.63) is 71.8 Å². The number of hydrogen-bond donors (Lipinski definition) is 0. The summed E-state index contributed by atoms with van der Waals surface area (Å²) in [4.78, 5) is 6.42. The van der Waals surface area contributed by atoms with Crippen LogP contribution in [0.4, 0.5) is 27.8 Å². The fourth-order valence-electron chi connectivity index (χ4n) is 3.90. The third-order valence-electron chi connectivity index (χ3n) is 5.36. The van der Waals surface area contributed by atoms with Crippen LogP contribution in [0.2, 0.25) is 0 Å². The van der Waals surface area contributed by atoms with Crippen LogP contribution in [0, 0.1) is 11.6 Å². The first-order valence-electron chi connectivity index (χ1n) is 9.49. The second-order valence-corrected chi connectivity index (χ2v) is 7.27. The predicted molar refractivity (Wildman–Crippen MR) is 101 cm³/mol. The maximum absolute atomic E-state index is 14.4. The Kier molecular flexibility index (Phi) is 4.42. The van der Waals surface area contributed by atoms with Crippen LogP contribution in [0.15, 0.2) is 49.1 Å². The highest BCUT2D eigenvalue weighted by molar-refractivity contribution is 5.61. The molecular formula is C20H15F5N6. The van der Waals surface area contributed by atoms with Gasteiger partial charge in [0, 0.05) is 24.5 Å². The van der Waals surface area contributed by atoms with Crippen LogP contribution in [0.25, 0.3) is 11.3 Å². The molecule has 31 heavy (non-hydrogen) atoms. The van der Waals surface area contributed by atoms with Crippen molar-refractivity contribution in [2.75, 3.05) is 11.4 Å². The largest absolute Gasteiger partial charge is 0.419 e. The lowest BCUT2D eigenvalue weighted by Crippen LogP contribution is -2.24. The predicted octanol–water partition coefficient (Wildman–Crippen LogP) is 4.55. The molecule has 1 atom stereocenters. The highest BCUT2D eigenvalue weighted by Crippen LogP contribution is 2.37. The molecule has 0 radical (unpaired) electrons. The van der Waals surface area contributed by atoms with Gasteiger partial charge in [-0.15, -0.1) is 0 Å². The minimum absolute atomic E-state index is 0.245. The molecule has 1 unspecified atom stereocenters. The van der Waals surface area contributed by atoms with E-state index in [1.165, 1.54) is 16.8 Å². The van der Waals surface area contributed by atoms with Crippen molar-refractivity contribution in [2.45, 2.75) is 25.1 Å². The van der Waals surface area contributed by atoms with Gasteiger partial charge >= 0.3 is 6.18 Å². The SMILES string of the molecule is Fc1ccc(F)c(C2CCCN2c2ccn3ncc(-n4cc(C(F)(F)F)cn4)c3n2)c1. The molecule has 1 fully saturated rings. The summed E-state index contributed by atoms with van der Waals surface area (Å²) < 4.78 is 69.4. The van der Waals surface area contributed by atoms with Gasteiger partial charge in [0.2, 0.25) is 0 Å². The lowest BCUT2D eigenvalue weighted by atomic mass is 10.0. The zero-order valence-corrected chi connectivity index (χ0v) is 15.9. The molecule has 3 aromatic heterocycles. The molecule has 0 saturated carbocycles. The second kappa shape index (κ2) is 7.03. The van der Waals surface area contributed by atoms with Gasteiger partial charge in [-0.3, -0.25) is 0 Å². The van der Waals surface area contributed by atoms with E-state index in [9.17, 15) is 22.0 Å². The topological polar surface area (TPSA) is 51.2 Å². The molecule has 0 aliphatic carbocycles. The monoisotopic (exact) mass is 434 g/mol. The highest BCUT2D eigenvalue weighted by atomic mass is 19.4. The first-order chi connectivity index (χ1) is 14.8. The van der Waals surface area contributed by atoms with Gasteiger partial charge in [0.15, 0.2) is 5.65 Å². The first-order valence-corrected chi connectivity index (χ1v) is 9.49. The molecule has 0 bridgehead atoms. The molecule has 0 spiro atoms. The summed E-state index contributed by atoms with van der Waals surface area (Å²) in [5.41, 5.74) is -0.0799. The van der Waals surface area contributed by atoms with E-state index in [2.05, 4.69) is 15.2 Å². The summed E-state index contributed by atoms with van der Waals surface area (Å²) in [5.74, 6) is -0.534. The van der Waals surface area contributed by atoms with Crippen LogP contribution in [0.1, 0.15) is 30.0 Å². The molecule has 4 aromatic rings. The molecule has 160 valence electrons. The zero-order valence-electron chi connectivity index (χ0n) is 15.9. The van der Waals surface area contributed by atoms with E-state index in [4.69, 9.17) is 0 Å². The van der Waals surface area contributed by atoms with Gasteiger partial charge in [0.1, 0.15) is 23.1 Å². The Balaban J connectivity index is 1.55. The Hall–Kier alpha value is -3.50. The lowest BCUT2D eigenvalue weighted by molar-refractivity contribution is -0.137. The van der Waals surface area contributed by atoms with Gasteiger partial charge in [-0.1, -0.05) is 0 Å². The van der Waals surface area contributed by atoms with Crippen molar-refractivity contribution in [3.8, 4) is 5.69 Å². The van der Waals surface area contributed by atoms with Gasteiger partial charge in [0.05, 0.1) is 24.0 Å². The van der Waals surface area contributed by atoms with Crippen LogP contribution < -0.4 is 4.90 Å². The fourth-order valence-corrected chi connectivity index (χ4v) is 3.90. The number of nitrogens with zero attached hydrogens (tertiary/aromatic N) is 6. The summed E-state index contributed by atoms with van der Waals surface area (Å²) >= 11 is 0. The molecule has 11 heteroatoms. The standard InChI is InChI=1S/C20H15F5N6/c21-13-3-4-15(22)14(8-13)16-2-1-6-29(16)18-5-7-30-19(28-18)17(10-27-30)31-11-12(9-26-31)20(23,24)25/h3-5,7-11,16H,1-2,6H2. The van der Waals surface area contributed by atoms with E-state index in [-0.39, 0.29) is 11.3 Å². The van der Waals surface area contributed by atoms with E-state index in [1.807, 2.05) is 4.90 Å². The smallest absolute Gasteiger partial charge is 0.349 e. The normalized spacial score (nSPS) is 17.1. The lowest BCUT2D eigenvalue weighted by Gasteiger charge is -2.26. The minimum Gasteiger partial charge on any atom is -0.349 e. The average molecular weight is 434 g/mol. The Morgan fingerprint density at radius 1 is 1.03 bits per heavy atom. The van der Waals surface area contributed by atoms with Gasteiger partial charge in [-0.05, 0) is 37.1 Å². The molecule has 0 N–H and O–H groups in total. The number of hydrogen-bond acceptors (Lipinski definition) is 4. The summed E-state index contributed by atoms with van der Waals surface area (Å²) in [6.45, 7) is 0.577. The van der Waals surface area contributed by atoms with Crippen molar-refractivity contribution >= 4 is 11.5 Å². The number of anilines is 1. The molecule has 1 saturated heterocycles. The Bertz CT molecular complexity index is 1260. The van der Waals surface area contributed by atoms with Crippen molar-refractivity contribution in [1.29, 1.82) is 0 Å². The molecule has 1 aliphatic rings. The van der Waals surface area contributed by atoms with Crippen molar-refractivity contribution in [1.82, 2.24) is 24.4 Å². The summed E-state index contributed by atoms with van der Waals surface area (Å²) in [7, 11) is 0. The molecule has 0 amide bonds. The molecular weight excluding hydrogens is 419 g/mol. The van der Waals surface area contributed by atoms with E-state index < -0.39 is 29.4 Å². The molecule has 1 aliphatic heterocycles. The van der Waals surface area contributed by atoms with Crippen molar-refractivity contribution in [3.63, 3.8) is 0 Å². The summed E-state index contributed by atoms with van der Waals surface area (Å²) in [6, 6.07) is 4.63. The Labute approximate surface area is 172 Å². The van der Waals surface area contributed by atoms with Gasteiger partial charge < -0.3 is 4.90 Å².